The molecular weight excluding hydrogens is 246 g/mol. The summed E-state index contributed by atoms with van der Waals surface area (Å²) in [6.45, 7) is 9.03. The molecule has 1 aromatic rings. The first kappa shape index (κ1) is 15.2. The van der Waals surface area contributed by atoms with Crippen LogP contribution in [0, 0.1) is 6.92 Å². The Morgan fingerprint density at radius 1 is 1.28 bits per heavy atom. The van der Waals surface area contributed by atoms with Crippen LogP contribution in [0.2, 0.25) is 0 Å². The summed E-state index contributed by atoms with van der Waals surface area (Å²) in [7, 11) is 1.72. The van der Waals surface area contributed by atoms with Crippen molar-refractivity contribution >= 4 is 17.6 Å². The molecule has 0 aliphatic carbocycles. The van der Waals surface area contributed by atoms with Crippen molar-refractivity contribution in [3.05, 3.63) is 11.4 Å². The number of thioether (sulfide) groups is 1. The van der Waals surface area contributed by atoms with E-state index in [1.807, 2.05) is 6.92 Å². The number of aromatic nitrogens is 2. The highest BCUT2D eigenvalue weighted by Gasteiger charge is 2.20. The first-order chi connectivity index (χ1) is 8.36. The van der Waals surface area contributed by atoms with Crippen LogP contribution in [-0.4, -0.2) is 29.4 Å². The maximum Gasteiger partial charge on any atom is 0.137 e. The Morgan fingerprint density at radius 3 is 2.50 bits per heavy atom. The number of anilines is 1. The summed E-state index contributed by atoms with van der Waals surface area (Å²) in [5.41, 5.74) is 6.86. The molecule has 2 N–H and O–H groups in total. The maximum atomic E-state index is 5.96. The van der Waals surface area contributed by atoms with Crippen LogP contribution < -0.4 is 5.73 Å². The van der Waals surface area contributed by atoms with Crippen LogP contribution in [-0.2, 0) is 10.2 Å². The average Bonchev–Trinajstić information content (AvgIpc) is 2.28. The van der Waals surface area contributed by atoms with Crippen molar-refractivity contribution in [2.45, 2.75) is 44.6 Å². The number of nitrogens with zero attached hydrogens (tertiary/aromatic N) is 2. The highest BCUT2D eigenvalue weighted by Crippen LogP contribution is 2.28. The molecule has 1 heterocycles. The summed E-state index contributed by atoms with van der Waals surface area (Å²) in [4.78, 5) is 9.01. The van der Waals surface area contributed by atoms with Crippen LogP contribution in [0.3, 0.4) is 0 Å². The van der Waals surface area contributed by atoms with E-state index >= 15 is 0 Å². The quantitative estimate of drug-likeness (QED) is 0.506. The van der Waals surface area contributed by atoms with E-state index in [9.17, 15) is 0 Å². The zero-order chi connectivity index (χ0) is 13.8. The lowest BCUT2D eigenvalue weighted by atomic mass is 9.95. The lowest BCUT2D eigenvalue weighted by Gasteiger charge is -2.19. The second-order valence-corrected chi connectivity index (χ2v) is 6.39. The maximum absolute atomic E-state index is 5.96. The molecule has 1 aromatic heterocycles. The van der Waals surface area contributed by atoms with Gasteiger partial charge in [0.05, 0.1) is 0 Å². The van der Waals surface area contributed by atoms with Crippen LogP contribution in [0.1, 0.15) is 38.6 Å². The molecule has 0 spiro atoms. The predicted molar refractivity (Wildman–Crippen MR) is 77.1 cm³/mol. The van der Waals surface area contributed by atoms with Crippen molar-refractivity contribution in [1.82, 2.24) is 9.97 Å². The van der Waals surface area contributed by atoms with Gasteiger partial charge < -0.3 is 10.5 Å². The number of methoxy groups -OCH3 is 1. The van der Waals surface area contributed by atoms with Crippen LogP contribution >= 0.6 is 11.8 Å². The van der Waals surface area contributed by atoms with E-state index in [1.165, 1.54) is 0 Å². The highest BCUT2D eigenvalue weighted by atomic mass is 32.2. The van der Waals surface area contributed by atoms with E-state index in [4.69, 9.17) is 10.5 Å². The molecule has 1 rings (SSSR count). The van der Waals surface area contributed by atoms with Gasteiger partial charge in [0.15, 0.2) is 0 Å². The van der Waals surface area contributed by atoms with Gasteiger partial charge >= 0.3 is 0 Å². The van der Waals surface area contributed by atoms with Crippen LogP contribution in [0.5, 0.6) is 0 Å². The number of hydrogen-bond donors (Lipinski definition) is 1. The Balaban J connectivity index is 2.86. The third-order valence-electron chi connectivity index (χ3n) is 2.54. The Bertz CT molecular complexity index is 402. The monoisotopic (exact) mass is 269 g/mol. The van der Waals surface area contributed by atoms with Crippen molar-refractivity contribution in [2.24, 2.45) is 0 Å². The van der Waals surface area contributed by atoms with Gasteiger partial charge in [-0.2, -0.15) is 0 Å². The molecular formula is C13H23N3OS. The van der Waals surface area contributed by atoms with Crippen LogP contribution in [0.25, 0.3) is 0 Å². The average molecular weight is 269 g/mol. The molecule has 0 atom stereocenters. The molecule has 0 fully saturated rings. The minimum absolute atomic E-state index is 0.0797. The van der Waals surface area contributed by atoms with Gasteiger partial charge in [0, 0.05) is 30.4 Å². The number of hydrogen-bond acceptors (Lipinski definition) is 5. The summed E-state index contributed by atoms with van der Waals surface area (Å²) >= 11 is 1.72. The van der Waals surface area contributed by atoms with E-state index < -0.39 is 0 Å². The Hall–Kier alpha value is -0.810. The van der Waals surface area contributed by atoms with E-state index in [0.29, 0.717) is 5.82 Å². The van der Waals surface area contributed by atoms with Gasteiger partial charge in [-0.1, -0.05) is 20.8 Å². The van der Waals surface area contributed by atoms with Gasteiger partial charge in [-0.25, -0.2) is 9.97 Å². The van der Waals surface area contributed by atoms with Gasteiger partial charge in [-0.3, -0.25) is 0 Å². The Kier molecular flexibility index (Phi) is 5.41. The molecule has 0 radical (unpaired) electrons. The minimum Gasteiger partial charge on any atom is -0.385 e. The molecule has 102 valence electrons. The van der Waals surface area contributed by atoms with Crippen molar-refractivity contribution in [2.75, 3.05) is 25.2 Å². The van der Waals surface area contributed by atoms with E-state index in [2.05, 4.69) is 30.7 Å². The second kappa shape index (κ2) is 6.38. The molecule has 0 aliphatic rings. The van der Waals surface area contributed by atoms with Crippen LogP contribution in [0.4, 0.5) is 5.82 Å². The third-order valence-corrected chi connectivity index (χ3v) is 3.70. The van der Waals surface area contributed by atoms with Gasteiger partial charge in [0.25, 0.3) is 0 Å². The van der Waals surface area contributed by atoms with Crippen molar-refractivity contribution in [3.63, 3.8) is 0 Å². The standard InChI is InChI=1S/C13H23N3OS/c1-9-10(14)15-12(13(2,3)4)16-11(9)18-8-6-7-17-5/h6-8H2,1-5H3,(H2,14,15,16). The molecule has 0 saturated heterocycles. The first-order valence-corrected chi connectivity index (χ1v) is 7.11. The van der Waals surface area contributed by atoms with E-state index in [-0.39, 0.29) is 5.41 Å². The lowest BCUT2D eigenvalue weighted by Crippen LogP contribution is -2.18. The van der Waals surface area contributed by atoms with Crippen molar-refractivity contribution < 1.29 is 4.74 Å². The fourth-order valence-electron chi connectivity index (χ4n) is 1.36. The molecule has 0 bridgehead atoms. The highest BCUT2D eigenvalue weighted by molar-refractivity contribution is 7.99. The third kappa shape index (κ3) is 4.14. The molecule has 5 heteroatoms. The topological polar surface area (TPSA) is 61.0 Å². The molecule has 0 unspecified atom stereocenters. The number of rotatable bonds is 5. The minimum atomic E-state index is -0.0797. The largest absolute Gasteiger partial charge is 0.385 e. The summed E-state index contributed by atoms with van der Waals surface area (Å²) in [6, 6.07) is 0. The Labute approximate surface area is 114 Å². The summed E-state index contributed by atoms with van der Waals surface area (Å²) in [5, 5.41) is 0.989. The first-order valence-electron chi connectivity index (χ1n) is 6.12. The SMILES string of the molecule is COCCCSc1nc(C(C)(C)C)nc(N)c1C. The zero-order valence-corrected chi connectivity index (χ0v) is 12.7. The van der Waals surface area contributed by atoms with E-state index in [0.717, 1.165) is 35.2 Å². The zero-order valence-electron chi connectivity index (χ0n) is 11.9. The molecule has 0 amide bonds. The van der Waals surface area contributed by atoms with E-state index in [1.54, 1.807) is 18.9 Å². The van der Waals surface area contributed by atoms with Gasteiger partial charge in [-0.15, -0.1) is 11.8 Å². The predicted octanol–water partition coefficient (Wildman–Crippen LogP) is 2.79. The fourth-order valence-corrected chi connectivity index (χ4v) is 2.29. The Morgan fingerprint density at radius 2 is 1.94 bits per heavy atom. The lowest BCUT2D eigenvalue weighted by molar-refractivity contribution is 0.200. The number of nitrogen functional groups attached to an aromatic ring is 1. The van der Waals surface area contributed by atoms with Gasteiger partial charge in [0.2, 0.25) is 0 Å². The fraction of sp³-hybridized carbons (Fsp3) is 0.692. The normalized spacial score (nSPS) is 11.8. The van der Waals surface area contributed by atoms with Gasteiger partial charge in [0.1, 0.15) is 16.7 Å². The summed E-state index contributed by atoms with van der Waals surface area (Å²) in [5.74, 6) is 2.37. The molecule has 18 heavy (non-hydrogen) atoms. The van der Waals surface area contributed by atoms with Gasteiger partial charge in [-0.05, 0) is 13.3 Å². The second-order valence-electron chi connectivity index (χ2n) is 5.31. The number of nitrogens with two attached hydrogens (primary N) is 1. The van der Waals surface area contributed by atoms with Crippen molar-refractivity contribution in [3.8, 4) is 0 Å². The summed E-state index contributed by atoms with van der Waals surface area (Å²) in [6.07, 6.45) is 1.01. The molecule has 4 nitrogen and oxygen atoms in total. The van der Waals surface area contributed by atoms with Crippen LogP contribution in [0.15, 0.2) is 5.03 Å². The molecule has 0 saturated carbocycles. The number of ether oxygens (including phenoxy) is 1. The smallest absolute Gasteiger partial charge is 0.137 e. The summed E-state index contributed by atoms with van der Waals surface area (Å²) < 4.78 is 5.04. The molecule has 0 aliphatic heterocycles. The molecule has 0 aromatic carbocycles. The van der Waals surface area contributed by atoms with Crippen molar-refractivity contribution in [1.29, 1.82) is 0 Å².